The molecule has 0 aliphatic rings. The molecule has 0 aromatic carbocycles. The highest BCUT2D eigenvalue weighted by Gasteiger charge is 2.28. The monoisotopic (exact) mass is 420 g/mol. The predicted octanol–water partition coefficient (Wildman–Crippen LogP) is 5.88. The number of ether oxygens (including phenoxy) is 1. The molecule has 27 heavy (non-hydrogen) atoms. The number of rotatable bonds is 5. The van der Waals surface area contributed by atoms with Crippen LogP contribution in [0.3, 0.4) is 0 Å². The van der Waals surface area contributed by atoms with E-state index in [0.717, 1.165) is 36.8 Å². The van der Waals surface area contributed by atoms with E-state index in [4.69, 9.17) is 4.74 Å². The summed E-state index contributed by atoms with van der Waals surface area (Å²) < 4.78 is 11.1. The van der Waals surface area contributed by atoms with E-state index in [1.165, 1.54) is 28.9 Å². The summed E-state index contributed by atoms with van der Waals surface area (Å²) in [6.07, 6.45) is 3.61. The summed E-state index contributed by atoms with van der Waals surface area (Å²) in [5.41, 5.74) is 1.29. The van der Waals surface area contributed by atoms with Crippen LogP contribution in [0.2, 0.25) is 0 Å². The Bertz CT molecular complexity index is 978. The van der Waals surface area contributed by atoms with Gasteiger partial charge in [0.2, 0.25) is 0 Å². The Balaban J connectivity index is 2.04. The highest BCUT2D eigenvalue weighted by Crippen LogP contribution is 2.41. The number of carbonyl (C=O) groups excluding carboxylic acids is 2. The first-order valence-corrected chi connectivity index (χ1v) is 10.8. The number of nitrogens with zero attached hydrogens (tertiary/aromatic N) is 2. The van der Waals surface area contributed by atoms with Crippen LogP contribution in [0.25, 0.3) is 16.3 Å². The van der Waals surface area contributed by atoms with Crippen molar-refractivity contribution in [1.82, 2.24) is 4.37 Å². The molecular formula is C19H20N2O3S3. The molecule has 8 heteroatoms. The number of hydrogen-bond donors (Lipinski definition) is 0. The highest BCUT2D eigenvalue weighted by atomic mass is 32.1. The zero-order valence-corrected chi connectivity index (χ0v) is 18.0. The summed E-state index contributed by atoms with van der Waals surface area (Å²) in [4.78, 5) is 27.3. The summed E-state index contributed by atoms with van der Waals surface area (Å²) in [7, 11) is 0. The molecule has 0 unspecified atom stereocenters. The first-order chi connectivity index (χ1) is 12.8. The van der Waals surface area contributed by atoms with Crippen molar-refractivity contribution in [2.75, 3.05) is 4.90 Å². The summed E-state index contributed by atoms with van der Waals surface area (Å²) >= 11 is 4.42. The highest BCUT2D eigenvalue weighted by molar-refractivity contribution is 7.25. The van der Waals surface area contributed by atoms with Gasteiger partial charge in [-0.2, -0.15) is 4.37 Å². The van der Waals surface area contributed by atoms with Gasteiger partial charge in [0.15, 0.2) is 0 Å². The number of carbonyl (C=O) groups is 2. The van der Waals surface area contributed by atoms with Gasteiger partial charge in [-0.05, 0) is 68.4 Å². The number of aldehydes is 1. The molecule has 0 spiro atoms. The van der Waals surface area contributed by atoms with E-state index in [1.807, 2.05) is 45.2 Å². The average molecular weight is 421 g/mol. The zero-order valence-electron chi connectivity index (χ0n) is 15.5. The van der Waals surface area contributed by atoms with Crippen LogP contribution in [-0.2, 0) is 16.1 Å². The van der Waals surface area contributed by atoms with Gasteiger partial charge in [0.1, 0.15) is 22.4 Å². The molecule has 3 aromatic rings. The van der Waals surface area contributed by atoms with Gasteiger partial charge in [0, 0.05) is 9.75 Å². The van der Waals surface area contributed by atoms with Crippen LogP contribution in [0.15, 0.2) is 23.6 Å². The SMILES string of the molecule is Cc1c(/C=C\C=O)sc2c(N(Cc3cccs3)C(=O)OC(C)(C)C)snc12. The molecule has 1 amide bonds. The Morgan fingerprint density at radius 3 is 2.78 bits per heavy atom. The second-order valence-corrected chi connectivity index (χ2v) is 9.73. The molecule has 0 N–H and O–H groups in total. The number of fused-ring (bicyclic) bond motifs is 1. The summed E-state index contributed by atoms with van der Waals surface area (Å²) in [6.45, 7) is 7.97. The molecule has 3 aromatic heterocycles. The molecular weight excluding hydrogens is 400 g/mol. The molecule has 5 nitrogen and oxygen atoms in total. The van der Waals surface area contributed by atoms with Crippen molar-refractivity contribution < 1.29 is 14.3 Å². The molecule has 0 aliphatic heterocycles. The molecule has 0 aliphatic carbocycles. The molecule has 0 atom stereocenters. The van der Waals surface area contributed by atoms with Gasteiger partial charge in [-0.1, -0.05) is 6.07 Å². The molecule has 0 fully saturated rings. The summed E-state index contributed by atoms with van der Waals surface area (Å²) in [5, 5.41) is 2.76. The largest absolute Gasteiger partial charge is 0.443 e. The van der Waals surface area contributed by atoms with Gasteiger partial charge < -0.3 is 4.74 Å². The maximum atomic E-state index is 12.9. The lowest BCUT2D eigenvalue weighted by Gasteiger charge is -2.26. The van der Waals surface area contributed by atoms with Crippen LogP contribution in [0.1, 0.15) is 36.1 Å². The lowest BCUT2D eigenvalue weighted by atomic mass is 10.2. The third kappa shape index (κ3) is 4.45. The van der Waals surface area contributed by atoms with E-state index < -0.39 is 11.7 Å². The van der Waals surface area contributed by atoms with Crippen molar-refractivity contribution in [3.63, 3.8) is 0 Å². The quantitative estimate of drug-likeness (QED) is 0.382. The van der Waals surface area contributed by atoms with Crippen molar-refractivity contribution in [2.24, 2.45) is 0 Å². The Hall–Kier alpha value is -2.03. The number of allylic oxidation sites excluding steroid dienone is 1. The molecule has 0 radical (unpaired) electrons. The Morgan fingerprint density at radius 2 is 2.15 bits per heavy atom. The van der Waals surface area contributed by atoms with Crippen LogP contribution in [0, 0.1) is 6.92 Å². The van der Waals surface area contributed by atoms with Crippen LogP contribution < -0.4 is 4.90 Å². The molecule has 0 saturated heterocycles. The first kappa shape index (κ1) is 19.7. The number of amides is 1. The summed E-state index contributed by atoms with van der Waals surface area (Å²) in [5.74, 6) is 0. The fraction of sp³-hybridized carbons (Fsp3) is 0.316. The molecule has 0 bridgehead atoms. The van der Waals surface area contributed by atoms with Crippen molar-refractivity contribution in [3.05, 3.63) is 38.9 Å². The van der Waals surface area contributed by atoms with Crippen molar-refractivity contribution in [3.8, 4) is 0 Å². The second-order valence-electron chi connectivity index (χ2n) is 6.90. The van der Waals surface area contributed by atoms with Gasteiger partial charge in [-0.15, -0.1) is 22.7 Å². The van der Waals surface area contributed by atoms with E-state index in [2.05, 4.69) is 4.37 Å². The van der Waals surface area contributed by atoms with E-state index in [9.17, 15) is 9.59 Å². The van der Waals surface area contributed by atoms with Gasteiger partial charge >= 0.3 is 6.09 Å². The van der Waals surface area contributed by atoms with Crippen LogP contribution >= 0.6 is 34.2 Å². The number of thiophene rings is 2. The summed E-state index contributed by atoms with van der Waals surface area (Å²) in [6, 6.07) is 3.96. The number of anilines is 1. The number of aromatic nitrogens is 1. The third-order valence-corrected chi connectivity index (χ3v) is 6.76. The van der Waals surface area contributed by atoms with Crippen molar-refractivity contribution in [2.45, 2.75) is 39.8 Å². The topological polar surface area (TPSA) is 59.5 Å². The van der Waals surface area contributed by atoms with E-state index in [0.29, 0.717) is 6.54 Å². The second kappa shape index (κ2) is 7.92. The Morgan fingerprint density at radius 1 is 1.37 bits per heavy atom. The Labute approximate surface area is 170 Å². The maximum Gasteiger partial charge on any atom is 0.415 e. The average Bonchev–Trinajstić information content (AvgIpc) is 3.28. The van der Waals surface area contributed by atoms with Crippen LogP contribution in [-0.4, -0.2) is 22.4 Å². The Kier molecular flexibility index (Phi) is 5.78. The van der Waals surface area contributed by atoms with Gasteiger partial charge in [0.05, 0.1) is 11.2 Å². The molecule has 142 valence electrons. The van der Waals surface area contributed by atoms with Gasteiger partial charge in [0.25, 0.3) is 0 Å². The molecule has 3 heterocycles. The van der Waals surface area contributed by atoms with Crippen molar-refractivity contribution in [1.29, 1.82) is 0 Å². The van der Waals surface area contributed by atoms with Gasteiger partial charge in [-0.3, -0.25) is 9.69 Å². The lowest BCUT2D eigenvalue weighted by Crippen LogP contribution is -2.36. The predicted molar refractivity (Wildman–Crippen MR) is 114 cm³/mol. The number of aryl methyl sites for hydroxylation is 1. The first-order valence-electron chi connectivity index (χ1n) is 8.33. The standard InChI is InChI=1S/C19H20N2O3S3/c1-12-14(8-5-9-22)26-16-15(12)20-27-17(16)21(11-13-7-6-10-25-13)18(23)24-19(2,3)4/h5-10H,11H2,1-4H3/b8-5-. The zero-order chi connectivity index (χ0) is 19.6. The smallest absolute Gasteiger partial charge is 0.415 e. The van der Waals surface area contributed by atoms with E-state index in [1.54, 1.807) is 22.3 Å². The lowest BCUT2D eigenvalue weighted by molar-refractivity contribution is -0.104. The maximum absolute atomic E-state index is 12.9. The van der Waals surface area contributed by atoms with Crippen LogP contribution in [0.5, 0.6) is 0 Å². The molecule has 3 rings (SSSR count). The minimum absolute atomic E-state index is 0.391. The minimum Gasteiger partial charge on any atom is -0.443 e. The fourth-order valence-corrected chi connectivity index (χ4v) is 5.38. The minimum atomic E-state index is -0.586. The fourth-order valence-electron chi connectivity index (χ4n) is 2.46. The number of hydrogen-bond acceptors (Lipinski definition) is 7. The molecule has 0 saturated carbocycles. The normalized spacial score (nSPS) is 12.0. The van der Waals surface area contributed by atoms with E-state index in [-0.39, 0.29) is 0 Å². The third-order valence-electron chi connectivity index (χ3n) is 3.65. The van der Waals surface area contributed by atoms with Crippen molar-refractivity contribution >= 4 is 67.9 Å². The van der Waals surface area contributed by atoms with Gasteiger partial charge in [-0.25, -0.2) is 4.79 Å². The van der Waals surface area contributed by atoms with E-state index >= 15 is 0 Å². The van der Waals surface area contributed by atoms with Crippen LogP contribution in [0.4, 0.5) is 9.80 Å².